The van der Waals surface area contributed by atoms with E-state index < -0.39 is 0 Å². The van der Waals surface area contributed by atoms with Crippen LogP contribution in [-0.2, 0) is 6.42 Å². The molecule has 2 aromatic carbocycles. The molecule has 22 heavy (non-hydrogen) atoms. The second-order valence-electron chi connectivity index (χ2n) is 5.52. The number of benzene rings is 2. The van der Waals surface area contributed by atoms with E-state index in [1.54, 1.807) is 6.20 Å². The predicted octanol–water partition coefficient (Wildman–Crippen LogP) is 4.64. The second-order valence-corrected chi connectivity index (χ2v) is 5.52. The monoisotopic (exact) mass is 292 g/mol. The quantitative estimate of drug-likeness (QED) is 0.701. The maximum atomic E-state index is 5.90. The van der Waals surface area contributed by atoms with Gasteiger partial charge < -0.3 is 9.32 Å². The Balaban J connectivity index is 1.86. The fourth-order valence-corrected chi connectivity index (χ4v) is 2.35. The molecule has 0 spiro atoms. The van der Waals surface area contributed by atoms with Gasteiger partial charge >= 0.3 is 0 Å². The van der Waals surface area contributed by atoms with Gasteiger partial charge in [-0.05, 0) is 48.4 Å². The molecule has 3 heteroatoms. The highest BCUT2D eigenvalue weighted by Crippen LogP contribution is 2.27. The van der Waals surface area contributed by atoms with Crippen LogP contribution in [0.4, 0.5) is 5.69 Å². The number of nitrogens with zero attached hydrogens (tertiary/aromatic N) is 2. The summed E-state index contributed by atoms with van der Waals surface area (Å²) in [5.41, 5.74) is 4.52. The maximum absolute atomic E-state index is 5.90. The molecule has 0 atom stereocenters. The molecule has 0 fully saturated rings. The van der Waals surface area contributed by atoms with E-state index in [9.17, 15) is 0 Å². The lowest BCUT2D eigenvalue weighted by molar-refractivity contribution is 0.589. The lowest BCUT2D eigenvalue weighted by Gasteiger charge is -2.11. The van der Waals surface area contributed by atoms with Crippen LogP contribution < -0.4 is 4.90 Å². The molecule has 0 saturated carbocycles. The Morgan fingerprint density at radius 1 is 0.909 bits per heavy atom. The minimum absolute atomic E-state index is 0.661. The number of rotatable bonds is 4. The molecular weight excluding hydrogens is 272 g/mol. The van der Waals surface area contributed by atoms with Crippen LogP contribution in [0.5, 0.6) is 0 Å². The van der Waals surface area contributed by atoms with E-state index in [0.29, 0.717) is 5.89 Å². The molecule has 0 N–H and O–H groups in total. The van der Waals surface area contributed by atoms with Gasteiger partial charge in [-0.2, -0.15) is 0 Å². The molecule has 0 aliphatic carbocycles. The van der Waals surface area contributed by atoms with Gasteiger partial charge in [-0.3, -0.25) is 0 Å². The molecule has 3 nitrogen and oxygen atoms in total. The predicted molar refractivity (Wildman–Crippen MR) is 91.1 cm³/mol. The van der Waals surface area contributed by atoms with Gasteiger partial charge in [0.2, 0.25) is 5.89 Å². The van der Waals surface area contributed by atoms with Gasteiger partial charge in [-0.25, -0.2) is 4.98 Å². The van der Waals surface area contributed by atoms with Gasteiger partial charge in [-0.15, -0.1) is 0 Å². The van der Waals surface area contributed by atoms with E-state index in [2.05, 4.69) is 65.3 Å². The number of aryl methyl sites for hydroxylation is 1. The van der Waals surface area contributed by atoms with Crippen molar-refractivity contribution in [1.29, 1.82) is 0 Å². The van der Waals surface area contributed by atoms with Crippen molar-refractivity contribution in [3.63, 3.8) is 0 Å². The minimum Gasteiger partial charge on any atom is -0.436 e. The number of aromatic nitrogens is 1. The lowest BCUT2D eigenvalue weighted by Crippen LogP contribution is -2.07. The minimum atomic E-state index is 0.661. The molecule has 0 bridgehead atoms. The molecule has 1 heterocycles. The van der Waals surface area contributed by atoms with Crippen LogP contribution in [0.2, 0.25) is 0 Å². The molecule has 0 radical (unpaired) electrons. The van der Waals surface area contributed by atoms with E-state index >= 15 is 0 Å². The zero-order valence-electron chi connectivity index (χ0n) is 13.2. The average molecular weight is 292 g/mol. The number of anilines is 1. The molecule has 0 aliphatic rings. The fraction of sp³-hybridized carbons (Fsp3) is 0.211. The highest BCUT2D eigenvalue weighted by Gasteiger charge is 2.08. The average Bonchev–Trinajstić information content (AvgIpc) is 3.05. The Labute approximate surface area is 131 Å². The number of hydrogen-bond acceptors (Lipinski definition) is 3. The zero-order valence-corrected chi connectivity index (χ0v) is 13.2. The first-order valence-electron chi connectivity index (χ1n) is 7.50. The summed E-state index contributed by atoms with van der Waals surface area (Å²) in [4.78, 5) is 6.47. The second kappa shape index (κ2) is 6.06. The van der Waals surface area contributed by atoms with Crippen molar-refractivity contribution in [2.24, 2.45) is 0 Å². The summed E-state index contributed by atoms with van der Waals surface area (Å²) in [6.07, 6.45) is 2.82. The molecule has 0 unspecified atom stereocenters. The summed E-state index contributed by atoms with van der Waals surface area (Å²) in [6, 6.07) is 16.6. The van der Waals surface area contributed by atoms with Crippen molar-refractivity contribution in [2.75, 3.05) is 19.0 Å². The van der Waals surface area contributed by atoms with Gasteiger partial charge in [0.15, 0.2) is 5.76 Å². The van der Waals surface area contributed by atoms with Gasteiger partial charge in [0.1, 0.15) is 0 Å². The van der Waals surface area contributed by atoms with E-state index in [4.69, 9.17) is 4.42 Å². The van der Waals surface area contributed by atoms with Crippen LogP contribution in [-0.4, -0.2) is 19.1 Å². The summed E-state index contributed by atoms with van der Waals surface area (Å²) < 4.78 is 5.90. The summed E-state index contributed by atoms with van der Waals surface area (Å²) in [5.74, 6) is 1.45. The third-order valence-corrected chi connectivity index (χ3v) is 3.78. The standard InChI is InChI=1S/C19H20N2O/c1-4-14-5-7-16(8-6-14)19-20-13-18(22-19)15-9-11-17(12-10-15)21(2)3/h5-13H,4H2,1-3H3. The van der Waals surface area contributed by atoms with Crippen LogP contribution in [0.15, 0.2) is 59.1 Å². The van der Waals surface area contributed by atoms with Crippen molar-refractivity contribution in [3.05, 3.63) is 60.3 Å². The van der Waals surface area contributed by atoms with Crippen LogP contribution in [0, 0.1) is 0 Å². The molecule has 0 aliphatic heterocycles. The Morgan fingerprint density at radius 2 is 1.55 bits per heavy atom. The molecule has 0 saturated heterocycles. The van der Waals surface area contributed by atoms with E-state index in [1.165, 1.54) is 11.3 Å². The van der Waals surface area contributed by atoms with Crippen molar-refractivity contribution in [1.82, 2.24) is 4.98 Å². The van der Waals surface area contributed by atoms with Crippen molar-refractivity contribution in [2.45, 2.75) is 13.3 Å². The first-order valence-corrected chi connectivity index (χ1v) is 7.50. The molecule has 3 rings (SSSR count). The smallest absolute Gasteiger partial charge is 0.226 e. The first kappa shape index (κ1) is 14.4. The van der Waals surface area contributed by atoms with Gasteiger partial charge in [0.25, 0.3) is 0 Å². The summed E-state index contributed by atoms with van der Waals surface area (Å²) >= 11 is 0. The van der Waals surface area contributed by atoms with Crippen LogP contribution in [0.25, 0.3) is 22.8 Å². The highest BCUT2D eigenvalue weighted by atomic mass is 16.4. The summed E-state index contributed by atoms with van der Waals surface area (Å²) in [7, 11) is 4.06. The molecule has 0 amide bonds. The van der Waals surface area contributed by atoms with E-state index in [1.807, 2.05) is 14.1 Å². The molecule has 1 aromatic heterocycles. The summed E-state index contributed by atoms with van der Waals surface area (Å²) in [5, 5.41) is 0. The zero-order chi connectivity index (χ0) is 15.5. The van der Waals surface area contributed by atoms with Crippen molar-refractivity contribution >= 4 is 5.69 Å². The third kappa shape index (κ3) is 2.89. The maximum Gasteiger partial charge on any atom is 0.226 e. The molecule has 112 valence electrons. The Kier molecular flexibility index (Phi) is 3.96. The fourth-order valence-electron chi connectivity index (χ4n) is 2.35. The van der Waals surface area contributed by atoms with Gasteiger partial charge in [0.05, 0.1) is 6.20 Å². The summed E-state index contributed by atoms with van der Waals surface area (Å²) in [6.45, 7) is 2.15. The van der Waals surface area contributed by atoms with Crippen LogP contribution in [0.3, 0.4) is 0 Å². The Bertz CT molecular complexity index is 740. The van der Waals surface area contributed by atoms with Crippen molar-refractivity contribution in [3.8, 4) is 22.8 Å². The van der Waals surface area contributed by atoms with E-state index in [-0.39, 0.29) is 0 Å². The largest absolute Gasteiger partial charge is 0.436 e. The third-order valence-electron chi connectivity index (χ3n) is 3.78. The lowest BCUT2D eigenvalue weighted by atomic mass is 10.1. The van der Waals surface area contributed by atoms with E-state index in [0.717, 1.165) is 23.3 Å². The Hall–Kier alpha value is -2.55. The SMILES string of the molecule is CCc1ccc(-c2ncc(-c3ccc(N(C)C)cc3)o2)cc1. The Morgan fingerprint density at radius 3 is 2.14 bits per heavy atom. The normalized spacial score (nSPS) is 10.7. The molecule has 3 aromatic rings. The van der Waals surface area contributed by atoms with Gasteiger partial charge in [0, 0.05) is 30.9 Å². The highest BCUT2D eigenvalue weighted by molar-refractivity contribution is 5.63. The van der Waals surface area contributed by atoms with Crippen molar-refractivity contribution < 1.29 is 4.42 Å². The number of oxazole rings is 1. The first-order chi connectivity index (χ1) is 10.7. The van der Waals surface area contributed by atoms with Crippen LogP contribution >= 0.6 is 0 Å². The molecular formula is C19H20N2O. The topological polar surface area (TPSA) is 29.3 Å². The van der Waals surface area contributed by atoms with Gasteiger partial charge in [-0.1, -0.05) is 19.1 Å². The number of hydrogen-bond donors (Lipinski definition) is 0. The van der Waals surface area contributed by atoms with Crippen LogP contribution in [0.1, 0.15) is 12.5 Å².